The lowest BCUT2D eigenvalue weighted by molar-refractivity contribution is -0.155. The van der Waals surface area contributed by atoms with Gasteiger partial charge in [-0.3, -0.25) is 4.79 Å². The van der Waals surface area contributed by atoms with Crippen LogP contribution >= 0.6 is 0 Å². The van der Waals surface area contributed by atoms with Gasteiger partial charge in [-0.05, 0) is 106 Å². The molecule has 0 aromatic carbocycles. The van der Waals surface area contributed by atoms with Crippen molar-refractivity contribution in [3.8, 4) is 0 Å². The van der Waals surface area contributed by atoms with Crippen molar-refractivity contribution >= 4 is 5.97 Å². The Morgan fingerprint density at radius 2 is 1.91 bits per heavy atom. The molecule has 3 saturated carbocycles. The van der Waals surface area contributed by atoms with Gasteiger partial charge in [0.2, 0.25) is 0 Å². The van der Waals surface area contributed by atoms with E-state index in [1.165, 1.54) is 45.1 Å². The van der Waals surface area contributed by atoms with Crippen LogP contribution < -0.4 is 5.32 Å². The van der Waals surface area contributed by atoms with Gasteiger partial charge in [-0.15, -0.1) is 0 Å². The van der Waals surface area contributed by atoms with E-state index in [1.54, 1.807) is 5.57 Å². The van der Waals surface area contributed by atoms with Gasteiger partial charge in [0.15, 0.2) is 0 Å². The Morgan fingerprint density at radius 3 is 2.62 bits per heavy atom. The number of hydrogen-bond acceptors (Lipinski definition) is 4. The Morgan fingerprint density at radius 1 is 1.16 bits per heavy atom. The van der Waals surface area contributed by atoms with E-state index >= 15 is 0 Å². The Kier molecular flexibility index (Phi) is 5.81. The van der Waals surface area contributed by atoms with Crippen LogP contribution in [0.1, 0.15) is 79.1 Å². The summed E-state index contributed by atoms with van der Waals surface area (Å²) in [5.41, 5.74) is 2.53. The van der Waals surface area contributed by atoms with E-state index in [4.69, 9.17) is 4.74 Å². The predicted octanol–water partition coefficient (Wildman–Crippen LogP) is 5.04. The largest absolute Gasteiger partial charge is 0.461 e. The number of likely N-dealkylation sites (N-methyl/N-ethyl adjacent to an activating group) is 1. The monoisotopic (exact) mass is 442 g/mol. The van der Waals surface area contributed by atoms with Crippen LogP contribution in [0.4, 0.5) is 0 Å². The van der Waals surface area contributed by atoms with Crippen molar-refractivity contribution in [2.75, 3.05) is 20.6 Å². The molecule has 5 aliphatic rings. The number of rotatable bonds is 4. The maximum atomic E-state index is 12.7. The third-order valence-corrected chi connectivity index (χ3v) is 11.2. The minimum Gasteiger partial charge on any atom is -0.461 e. The molecule has 32 heavy (non-hydrogen) atoms. The molecule has 9 atom stereocenters. The van der Waals surface area contributed by atoms with E-state index in [1.807, 2.05) is 7.05 Å². The standard InChI is InChI=1S/C28H46N2O2/c1-17(2)25(29-5)26(31)32-20-11-13-27(4)19(15-20)7-8-21-23(27)12-14-28-16-30(6)18(3)22(28)9-10-24(21)28/h7,17-18,20-25,29H,8-16H2,1-6H3/t18-,20-,21+,22+,23-,24-,25+,27-,28-/m0/s1. The van der Waals surface area contributed by atoms with Crippen LogP contribution in [-0.4, -0.2) is 49.7 Å². The fraction of sp³-hybridized carbons (Fsp3) is 0.893. The number of nitrogens with zero attached hydrogens (tertiary/aromatic N) is 1. The van der Waals surface area contributed by atoms with Crippen LogP contribution in [-0.2, 0) is 9.53 Å². The highest BCUT2D eigenvalue weighted by molar-refractivity contribution is 5.76. The van der Waals surface area contributed by atoms with E-state index in [2.05, 4.69) is 51.0 Å². The summed E-state index contributed by atoms with van der Waals surface area (Å²) >= 11 is 0. The predicted molar refractivity (Wildman–Crippen MR) is 129 cm³/mol. The van der Waals surface area contributed by atoms with Gasteiger partial charge in [-0.1, -0.05) is 32.4 Å². The molecule has 1 heterocycles. The summed E-state index contributed by atoms with van der Waals surface area (Å²) in [6, 6.07) is 0.559. The number of allylic oxidation sites excluding steroid dienone is 1. The maximum absolute atomic E-state index is 12.7. The molecule has 5 rings (SSSR count). The van der Waals surface area contributed by atoms with Crippen molar-refractivity contribution in [1.29, 1.82) is 0 Å². The fourth-order valence-corrected chi connectivity index (χ4v) is 9.49. The number of carbonyl (C=O) groups is 1. The number of esters is 1. The average molecular weight is 443 g/mol. The molecule has 180 valence electrons. The second-order valence-electron chi connectivity index (χ2n) is 12.7. The summed E-state index contributed by atoms with van der Waals surface area (Å²) in [5.74, 6) is 3.73. The van der Waals surface area contributed by atoms with Crippen LogP contribution in [0.2, 0.25) is 0 Å². The number of carbonyl (C=O) groups excluding carboxylic acids is 1. The molecule has 1 saturated heterocycles. The van der Waals surface area contributed by atoms with Crippen molar-refractivity contribution in [2.45, 2.75) is 97.2 Å². The SMILES string of the molecule is CN[C@@H](C(=O)O[C@H]1CC[C@@]2(C)C(=CC[C@H]3[C@@H]4CC[C@@H]5[C@H](C)N(C)C[C@@]54CC[C@@H]32)C1)C(C)C. The zero-order chi connectivity index (χ0) is 22.8. The molecule has 1 aliphatic heterocycles. The number of nitrogens with one attached hydrogen (secondary N) is 1. The van der Waals surface area contributed by atoms with Gasteiger partial charge in [0, 0.05) is 19.0 Å². The number of ether oxygens (including phenoxy) is 1. The molecule has 4 nitrogen and oxygen atoms in total. The third-order valence-electron chi connectivity index (χ3n) is 11.2. The van der Waals surface area contributed by atoms with Crippen molar-refractivity contribution in [3.63, 3.8) is 0 Å². The Labute approximate surface area is 195 Å². The van der Waals surface area contributed by atoms with Crippen molar-refractivity contribution in [1.82, 2.24) is 10.2 Å². The Bertz CT molecular complexity index is 777. The number of fused-ring (bicyclic) bond motifs is 4. The van der Waals surface area contributed by atoms with Gasteiger partial charge in [0.05, 0.1) is 0 Å². The highest BCUT2D eigenvalue weighted by atomic mass is 16.5. The first-order chi connectivity index (χ1) is 15.2. The number of likely N-dealkylation sites (tertiary alicyclic amines) is 1. The van der Waals surface area contributed by atoms with Gasteiger partial charge >= 0.3 is 5.97 Å². The van der Waals surface area contributed by atoms with Crippen molar-refractivity contribution in [2.24, 2.45) is 40.4 Å². The van der Waals surface area contributed by atoms with Crippen LogP contribution in [0, 0.1) is 40.4 Å². The fourth-order valence-electron chi connectivity index (χ4n) is 9.49. The Balaban J connectivity index is 1.32. The lowest BCUT2D eigenvalue weighted by atomic mass is 9.47. The molecule has 0 unspecified atom stereocenters. The maximum Gasteiger partial charge on any atom is 0.323 e. The van der Waals surface area contributed by atoms with E-state index in [9.17, 15) is 4.79 Å². The molecule has 0 amide bonds. The molecule has 0 aromatic heterocycles. The molecular weight excluding hydrogens is 396 g/mol. The summed E-state index contributed by atoms with van der Waals surface area (Å²) in [7, 11) is 4.22. The van der Waals surface area contributed by atoms with Gasteiger partial charge in [-0.25, -0.2) is 0 Å². The molecule has 0 aromatic rings. The summed E-state index contributed by atoms with van der Waals surface area (Å²) < 4.78 is 6.04. The molecule has 1 spiro atoms. The Hall–Kier alpha value is -0.870. The lowest BCUT2D eigenvalue weighted by Gasteiger charge is -2.58. The summed E-state index contributed by atoms with van der Waals surface area (Å²) in [6.45, 7) is 10.5. The zero-order valence-electron chi connectivity index (χ0n) is 21.3. The average Bonchev–Trinajstić information content (AvgIpc) is 3.22. The molecule has 4 heteroatoms. The van der Waals surface area contributed by atoms with E-state index in [-0.39, 0.29) is 24.0 Å². The normalized spacial score (nSPS) is 46.7. The molecule has 4 aliphatic carbocycles. The van der Waals surface area contributed by atoms with Gasteiger partial charge in [0.1, 0.15) is 12.1 Å². The van der Waals surface area contributed by atoms with E-state index in [0.717, 1.165) is 42.6 Å². The topological polar surface area (TPSA) is 41.6 Å². The van der Waals surface area contributed by atoms with Crippen molar-refractivity contribution in [3.05, 3.63) is 11.6 Å². The first-order valence-corrected chi connectivity index (χ1v) is 13.5. The molecule has 0 bridgehead atoms. The molecule has 1 N–H and O–H groups in total. The second kappa shape index (κ2) is 8.12. The summed E-state index contributed by atoms with van der Waals surface area (Å²) in [5, 5.41) is 3.14. The van der Waals surface area contributed by atoms with Crippen LogP contribution in [0.15, 0.2) is 11.6 Å². The highest BCUT2D eigenvalue weighted by Gasteiger charge is 2.64. The van der Waals surface area contributed by atoms with E-state index in [0.29, 0.717) is 10.8 Å². The third kappa shape index (κ3) is 3.26. The zero-order valence-corrected chi connectivity index (χ0v) is 21.3. The lowest BCUT2D eigenvalue weighted by Crippen LogP contribution is -2.52. The first-order valence-electron chi connectivity index (χ1n) is 13.5. The van der Waals surface area contributed by atoms with Crippen LogP contribution in [0.3, 0.4) is 0 Å². The van der Waals surface area contributed by atoms with Gasteiger partial charge in [0.25, 0.3) is 0 Å². The van der Waals surface area contributed by atoms with E-state index < -0.39 is 0 Å². The summed E-state index contributed by atoms with van der Waals surface area (Å²) in [6.07, 6.45) is 12.9. The second-order valence-corrected chi connectivity index (χ2v) is 12.7. The van der Waals surface area contributed by atoms with Crippen LogP contribution in [0.5, 0.6) is 0 Å². The van der Waals surface area contributed by atoms with Gasteiger partial charge < -0.3 is 15.0 Å². The molecule has 0 radical (unpaired) electrons. The quantitative estimate of drug-likeness (QED) is 0.489. The van der Waals surface area contributed by atoms with Crippen molar-refractivity contribution < 1.29 is 9.53 Å². The van der Waals surface area contributed by atoms with Gasteiger partial charge in [-0.2, -0.15) is 0 Å². The minimum atomic E-state index is -0.204. The summed E-state index contributed by atoms with van der Waals surface area (Å²) in [4.78, 5) is 15.4. The minimum absolute atomic E-state index is 0.0584. The smallest absolute Gasteiger partial charge is 0.323 e. The molecule has 4 fully saturated rings. The highest BCUT2D eigenvalue weighted by Crippen LogP contribution is 2.68. The number of hydrogen-bond donors (Lipinski definition) is 1. The first kappa shape index (κ1) is 22.9. The molecular formula is C28H46N2O2. The van der Waals surface area contributed by atoms with Crippen LogP contribution in [0.25, 0.3) is 0 Å².